The summed E-state index contributed by atoms with van der Waals surface area (Å²) < 4.78 is 0. The first kappa shape index (κ1) is 15.8. The summed E-state index contributed by atoms with van der Waals surface area (Å²) in [5.74, 6) is 0.247. The molecule has 0 amide bonds. The Morgan fingerprint density at radius 3 is 2.35 bits per heavy atom. The fourth-order valence-corrected chi connectivity index (χ4v) is 2.87. The van der Waals surface area contributed by atoms with Crippen LogP contribution in [0, 0.1) is 0 Å². The lowest BCUT2D eigenvalue weighted by Crippen LogP contribution is -2.49. The van der Waals surface area contributed by atoms with Crippen LogP contribution in [0.5, 0.6) is 0 Å². The highest BCUT2D eigenvalue weighted by Gasteiger charge is 2.45. The van der Waals surface area contributed by atoms with Crippen LogP contribution >= 0.6 is 23.2 Å². The summed E-state index contributed by atoms with van der Waals surface area (Å²) in [6, 6.07) is 5.56. The average Bonchev–Trinajstić information content (AvgIpc) is 2.29. The molecule has 0 aliphatic heterocycles. The van der Waals surface area contributed by atoms with Crippen LogP contribution in [0.15, 0.2) is 18.2 Å². The topological polar surface area (TPSA) is 29.1 Å². The maximum atomic E-state index is 12.7. The third-order valence-corrected chi connectivity index (χ3v) is 4.73. The zero-order chi connectivity index (χ0) is 15.0. The van der Waals surface area contributed by atoms with Gasteiger partial charge in [-0.1, -0.05) is 35.7 Å². The lowest BCUT2D eigenvalue weighted by molar-refractivity contribution is -0.127. The van der Waals surface area contributed by atoms with E-state index in [-0.39, 0.29) is 16.7 Å². The maximum Gasteiger partial charge on any atom is 0.157 e. The number of Topliss-reactive ketones (excluding diaryl/α,β-unsaturated/α-hetero) is 1. The monoisotopic (exact) mass is 313 g/mol. The molecule has 0 unspecified atom stereocenters. The van der Waals surface area contributed by atoms with Crippen LogP contribution in [-0.2, 0) is 10.2 Å². The van der Waals surface area contributed by atoms with Crippen molar-refractivity contribution in [3.63, 3.8) is 0 Å². The van der Waals surface area contributed by atoms with Crippen molar-refractivity contribution in [2.45, 2.75) is 51.0 Å². The highest BCUT2D eigenvalue weighted by Crippen LogP contribution is 2.45. The largest absolute Gasteiger partial charge is 0.305 e. The molecular weight excluding hydrogens is 293 g/mol. The van der Waals surface area contributed by atoms with Crippen LogP contribution in [-0.4, -0.2) is 17.9 Å². The van der Waals surface area contributed by atoms with E-state index in [9.17, 15) is 4.79 Å². The number of carbonyl (C=O) groups excluding carboxylic acids is 1. The first-order chi connectivity index (χ1) is 9.24. The van der Waals surface area contributed by atoms with Gasteiger partial charge >= 0.3 is 0 Å². The van der Waals surface area contributed by atoms with Crippen molar-refractivity contribution in [1.82, 2.24) is 5.32 Å². The number of benzene rings is 1. The fraction of sp³-hybridized carbons (Fsp3) is 0.562. The van der Waals surface area contributed by atoms with Crippen molar-refractivity contribution in [3.05, 3.63) is 33.8 Å². The predicted molar refractivity (Wildman–Crippen MR) is 84.8 cm³/mol. The van der Waals surface area contributed by atoms with Gasteiger partial charge in [0.2, 0.25) is 0 Å². The van der Waals surface area contributed by atoms with Gasteiger partial charge in [0.1, 0.15) is 0 Å². The van der Waals surface area contributed by atoms with Gasteiger partial charge in [-0.15, -0.1) is 0 Å². The van der Waals surface area contributed by atoms with Crippen molar-refractivity contribution in [1.29, 1.82) is 0 Å². The molecule has 20 heavy (non-hydrogen) atoms. The second-order valence-corrected chi connectivity index (χ2v) is 7.41. The minimum absolute atomic E-state index is 0.0573. The first-order valence-electron chi connectivity index (χ1n) is 6.98. The van der Waals surface area contributed by atoms with Crippen LogP contribution < -0.4 is 5.32 Å². The van der Waals surface area contributed by atoms with E-state index in [0.717, 1.165) is 24.8 Å². The number of hydrogen-bond acceptors (Lipinski definition) is 2. The van der Waals surface area contributed by atoms with Gasteiger partial charge in [-0.05, 0) is 51.3 Å². The summed E-state index contributed by atoms with van der Waals surface area (Å²) in [7, 11) is 0. The highest BCUT2D eigenvalue weighted by molar-refractivity contribution is 6.42. The van der Waals surface area contributed by atoms with Crippen molar-refractivity contribution in [2.75, 3.05) is 6.54 Å². The number of hydrogen-bond donors (Lipinski definition) is 1. The second-order valence-electron chi connectivity index (χ2n) is 6.59. The predicted octanol–water partition coefficient (Wildman–Crippen LogP) is 4.37. The van der Waals surface area contributed by atoms with Gasteiger partial charge in [0, 0.05) is 5.54 Å². The minimum atomic E-state index is -0.369. The molecule has 1 saturated carbocycles. The van der Waals surface area contributed by atoms with E-state index in [2.05, 4.69) is 26.1 Å². The van der Waals surface area contributed by atoms with Gasteiger partial charge in [-0.3, -0.25) is 4.79 Å². The molecule has 1 aromatic rings. The summed E-state index contributed by atoms with van der Waals surface area (Å²) in [5, 5.41) is 4.34. The van der Waals surface area contributed by atoms with Gasteiger partial charge in [0.05, 0.1) is 22.0 Å². The van der Waals surface area contributed by atoms with Crippen LogP contribution in [0.1, 0.15) is 45.6 Å². The number of rotatable bonds is 4. The Hall–Kier alpha value is -0.570. The van der Waals surface area contributed by atoms with Gasteiger partial charge < -0.3 is 5.32 Å². The van der Waals surface area contributed by atoms with Crippen LogP contribution in [0.3, 0.4) is 0 Å². The Morgan fingerprint density at radius 1 is 1.25 bits per heavy atom. The Balaban J connectivity index is 2.20. The quantitative estimate of drug-likeness (QED) is 0.894. The number of halogens is 2. The van der Waals surface area contributed by atoms with E-state index >= 15 is 0 Å². The van der Waals surface area contributed by atoms with E-state index in [1.165, 1.54) is 0 Å². The Kier molecular flexibility index (Phi) is 4.48. The molecule has 0 spiro atoms. The number of nitrogens with one attached hydrogen (secondary N) is 1. The molecule has 4 heteroatoms. The lowest BCUT2D eigenvalue weighted by atomic mass is 9.62. The molecule has 0 radical (unpaired) electrons. The number of ketones is 1. The van der Waals surface area contributed by atoms with Gasteiger partial charge in [0.15, 0.2) is 5.78 Å². The number of carbonyl (C=O) groups is 1. The lowest BCUT2D eigenvalue weighted by Gasteiger charge is -2.41. The molecule has 2 rings (SSSR count). The average molecular weight is 314 g/mol. The van der Waals surface area contributed by atoms with E-state index in [1.807, 2.05) is 12.1 Å². The van der Waals surface area contributed by atoms with Crippen molar-refractivity contribution in [2.24, 2.45) is 0 Å². The van der Waals surface area contributed by atoms with Crippen molar-refractivity contribution in [3.8, 4) is 0 Å². The minimum Gasteiger partial charge on any atom is -0.305 e. The molecule has 0 atom stereocenters. The van der Waals surface area contributed by atoms with Crippen molar-refractivity contribution >= 4 is 29.0 Å². The molecule has 1 aromatic carbocycles. The fourth-order valence-electron chi connectivity index (χ4n) is 2.57. The molecule has 0 bridgehead atoms. The summed E-state index contributed by atoms with van der Waals surface area (Å²) in [5.41, 5.74) is 0.573. The van der Waals surface area contributed by atoms with Crippen LogP contribution in [0.2, 0.25) is 10.0 Å². The normalized spacial score (nSPS) is 17.6. The molecule has 0 aromatic heterocycles. The van der Waals surface area contributed by atoms with E-state index in [4.69, 9.17) is 23.2 Å². The van der Waals surface area contributed by atoms with E-state index < -0.39 is 0 Å². The van der Waals surface area contributed by atoms with Crippen LogP contribution in [0.4, 0.5) is 0 Å². The maximum absolute atomic E-state index is 12.7. The zero-order valence-electron chi connectivity index (χ0n) is 12.2. The molecular formula is C16H21Cl2NO. The summed E-state index contributed by atoms with van der Waals surface area (Å²) in [6.07, 6.45) is 2.88. The summed E-state index contributed by atoms with van der Waals surface area (Å²) >= 11 is 12.1. The molecule has 110 valence electrons. The summed E-state index contributed by atoms with van der Waals surface area (Å²) in [6.45, 7) is 6.58. The third kappa shape index (κ3) is 3.19. The van der Waals surface area contributed by atoms with Gasteiger partial charge in [0.25, 0.3) is 0 Å². The first-order valence-corrected chi connectivity index (χ1v) is 7.74. The van der Waals surface area contributed by atoms with Gasteiger partial charge in [-0.2, -0.15) is 0 Å². The Morgan fingerprint density at radius 2 is 1.90 bits per heavy atom. The van der Waals surface area contributed by atoms with E-state index in [1.54, 1.807) is 6.07 Å². The SMILES string of the molecule is CC(C)(C)NCC(=O)C1(c2ccc(Cl)c(Cl)c2)CCC1. The van der Waals surface area contributed by atoms with Crippen LogP contribution in [0.25, 0.3) is 0 Å². The molecule has 1 aliphatic rings. The van der Waals surface area contributed by atoms with Crippen molar-refractivity contribution < 1.29 is 4.79 Å². The second kappa shape index (κ2) is 5.67. The third-order valence-electron chi connectivity index (χ3n) is 3.99. The summed E-state index contributed by atoms with van der Waals surface area (Å²) in [4.78, 5) is 12.7. The molecule has 0 heterocycles. The Labute approximate surface area is 130 Å². The molecule has 1 N–H and O–H groups in total. The molecule has 1 aliphatic carbocycles. The standard InChI is InChI=1S/C16H21Cl2NO/c1-15(2,3)19-10-14(20)16(7-4-8-16)11-5-6-12(17)13(18)9-11/h5-6,9,19H,4,7-8,10H2,1-3H3. The molecule has 2 nitrogen and oxygen atoms in total. The molecule has 0 saturated heterocycles. The highest BCUT2D eigenvalue weighted by atomic mass is 35.5. The zero-order valence-corrected chi connectivity index (χ0v) is 13.7. The van der Waals surface area contributed by atoms with E-state index in [0.29, 0.717) is 16.6 Å². The molecule has 1 fully saturated rings. The Bertz CT molecular complexity index is 516. The smallest absolute Gasteiger partial charge is 0.157 e. The van der Waals surface area contributed by atoms with Gasteiger partial charge in [-0.25, -0.2) is 0 Å².